The first-order chi connectivity index (χ1) is 11.8. The molecule has 0 spiro atoms. The molecule has 2 aromatic rings. The minimum atomic E-state index is -3.27. The van der Waals surface area contributed by atoms with Crippen LogP contribution in [0.25, 0.3) is 11.0 Å². The largest absolute Gasteiger partial charge is 0.387 e. The zero-order chi connectivity index (χ0) is 17.8. The summed E-state index contributed by atoms with van der Waals surface area (Å²) in [6.45, 7) is 2.08. The first-order valence-corrected chi connectivity index (χ1v) is 10.1. The predicted molar refractivity (Wildman–Crippen MR) is 94.8 cm³/mol. The number of anilines is 1. The van der Waals surface area contributed by atoms with Crippen molar-refractivity contribution in [1.29, 1.82) is 0 Å². The molecule has 1 aliphatic carbocycles. The summed E-state index contributed by atoms with van der Waals surface area (Å²) in [6.07, 6.45) is 5.04. The highest BCUT2D eigenvalue weighted by Gasteiger charge is 2.45. The summed E-state index contributed by atoms with van der Waals surface area (Å²) in [5, 5.41) is 10.7. The quantitative estimate of drug-likeness (QED) is 0.803. The van der Waals surface area contributed by atoms with Crippen molar-refractivity contribution in [2.75, 3.05) is 30.8 Å². The Bertz CT molecular complexity index is 880. The number of aliphatic hydroxyl groups is 1. The molecule has 1 saturated carbocycles. The molecule has 0 radical (unpaired) electrons. The van der Waals surface area contributed by atoms with Gasteiger partial charge in [0.05, 0.1) is 16.7 Å². The number of hydrogen-bond donors (Lipinski definition) is 2. The van der Waals surface area contributed by atoms with Crippen LogP contribution >= 0.6 is 0 Å². The maximum absolute atomic E-state index is 12.4. The van der Waals surface area contributed by atoms with Crippen LogP contribution < -0.4 is 4.90 Å². The Labute approximate surface area is 146 Å². The summed E-state index contributed by atoms with van der Waals surface area (Å²) in [5.74, 6) is 1.19. The zero-order valence-corrected chi connectivity index (χ0v) is 15.2. The van der Waals surface area contributed by atoms with Crippen LogP contribution in [0.4, 0.5) is 5.82 Å². The van der Waals surface area contributed by atoms with Crippen molar-refractivity contribution < 1.29 is 13.5 Å². The van der Waals surface area contributed by atoms with Gasteiger partial charge in [0.1, 0.15) is 17.8 Å². The number of nitrogens with zero attached hydrogens (tertiary/aromatic N) is 4. The van der Waals surface area contributed by atoms with Gasteiger partial charge in [0.2, 0.25) is 10.0 Å². The van der Waals surface area contributed by atoms with Gasteiger partial charge in [-0.2, -0.15) is 4.31 Å². The van der Waals surface area contributed by atoms with Crippen LogP contribution in [-0.4, -0.2) is 70.3 Å². The van der Waals surface area contributed by atoms with E-state index >= 15 is 0 Å². The first kappa shape index (κ1) is 16.7. The van der Waals surface area contributed by atoms with E-state index in [1.54, 1.807) is 13.3 Å². The fraction of sp³-hybridized carbons (Fsp3) is 0.625. The van der Waals surface area contributed by atoms with Crippen LogP contribution in [0.5, 0.6) is 0 Å². The van der Waals surface area contributed by atoms with Crippen molar-refractivity contribution in [3.05, 3.63) is 18.6 Å². The van der Waals surface area contributed by atoms with Crippen LogP contribution in [-0.2, 0) is 10.0 Å². The second kappa shape index (κ2) is 5.65. The van der Waals surface area contributed by atoms with Crippen LogP contribution in [0.3, 0.4) is 0 Å². The highest BCUT2D eigenvalue weighted by molar-refractivity contribution is 7.89. The number of β-amino-alcohol motifs (C(OH)–C–C–N with tert-alkyl or cyclic N) is 1. The molecule has 25 heavy (non-hydrogen) atoms. The van der Waals surface area contributed by atoms with Crippen molar-refractivity contribution in [3.8, 4) is 0 Å². The molecule has 0 bridgehead atoms. The smallest absolute Gasteiger partial charge is 0.214 e. The molecule has 2 fully saturated rings. The van der Waals surface area contributed by atoms with E-state index in [1.807, 2.05) is 19.3 Å². The number of sulfonamides is 1. The fourth-order valence-electron chi connectivity index (χ4n) is 3.78. The van der Waals surface area contributed by atoms with Crippen LogP contribution in [0.2, 0.25) is 0 Å². The molecule has 1 saturated heterocycles. The maximum Gasteiger partial charge on any atom is 0.214 e. The molecule has 136 valence electrons. The number of fused-ring (bicyclic) bond motifs is 1. The standard InChI is InChI=1S/C16H23N5O3S/c1-16(22)8-21(9-16)25(23,24)7-11-5-12(6-11)20(2)15-13-3-4-17-14(13)18-10-19-15/h3-4,10-12,22H,5-9H2,1-2H3,(H,17,18,19)/t11-,12+. The van der Waals surface area contributed by atoms with Gasteiger partial charge in [0.25, 0.3) is 0 Å². The molecular weight excluding hydrogens is 342 g/mol. The van der Waals surface area contributed by atoms with Gasteiger partial charge in [-0.1, -0.05) is 0 Å². The van der Waals surface area contributed by atoms with Gasteiger partial charge in [0.15, 0.2) is 0 Å². The lowest BCUT2D eigenvalue weighted by atomic mass is 9.81. The van der Waals surface area contributed by atoms with Gasteiger partial charge in [-0.3, -0.25) is 0 Å². The molecule has 1 aliphatic heterocycles. The Kier molecular flexibility index (Phi) is 3.78. The number of nitrogens with one attached hydrogen (secondary N) is 1. The normalized spacial score (nSPS) is 26.2. The number of aromatic nitrogens is 3. The molecule has 2 aliphatic rings. The molecule has 0 amide bonds. The number of rotatable bonds is 5. The minimum absolute atomic E-state index is 0.159. The summed E-state index contributed by atoms with van der Waals surface area (Å²) >= 11 is 0. The second-order valence-corrected chi connectivity index (χ2v) is 9.60. The highest BCUT2D eigenvalue weighted by atomic mass is 32.2. The van der Waals surface area contributed by atoms with Crippen LogP contribution in [0, 0.1) is 5.92 Å². The zero-order valence-electron chi connectivity index (χ0n) is 14.4. The molecule has 0 aromatic carbocycles. The summed E-state index contributed by atoms with van der Waals surface area (Å²) < 4.78 is 26.1. The molecule has 8 nitrogen and oxygen atoms in total. The predicted octanol–water partition coefficient (Wildman–Crippen LogP) is 0.569. The third kappa shape index (κ3) is 3.00. The lowest BCUT2D eigenvalue weighted by Crippen LogP contribution is -2.62. The summed E-state index contributed by atoms with van der Waals surface area (Å²) in [4.78, 5) is 13.8. The lowest BCUT2D eigenvalue weighted by Gasteiger charge is -2.46. The number of hydrogen-bond acceptors (Lipinski definition) is 6. The Hall–Kier alpha value is -1.71. The molecule has 0 atom stereocenters. The minimum Gasteiger partial charge on any atom is -0.387 e. The molecule has 9 heteroatoms. The van der Waals surface area contributed by atoms with E-state index in [1.165, 1.54) is 4.31 Å². The van der Waals surface area contributed by atoms with Gasteiger partial charge in [-0.25, -0.2) is 18.4 Å². The molecular formula is C16H23N5O3S. The third-order valence-electron chi connectivity index (χ3n) is 5.30. The van der Waals surface area contributed by atoms with Crippen molar-refractivity contribution in [2.24, 2.45) is 5.92 Å². The average Bonchev–Trinajstić information content (AvgIpc) is 2.95. The van der Waals surface area contributed by atoms with E-state index in [2.05, 4.69) is 19.9 Å². The van der Waals surface area contributed by atoms with E-state index in [0.29, 0.717) is 0 Å². The van der Waals surface area contributed by atoms with E-state index in [-0.39, 0.29) is 30.8 Å². The van der Waals surface area contributed by atoms with Crippen LogP contribution in [0.1, 0.15) is 19.8 Å². The second-order valence-electron chi connectivity index (χ2n) is 7.58. The highest BCUT2D eigenvalue weighted by Crippen LogP contribution is 2.37. The molecule has 4 rings (SSSR count). The number of H-pyrrole nitrogens is 1. The molecule has 0 unspecified atom stereocenters. The summed E-state index contributed by atoms with van der Waals surface area (Å²) in [7, 11) is -1.27. The monoisotopic (exact) mass is 365 g/mol. The van der Waals surface area contributed by atoms with Crippen molar-refractivity contribution in [1.82, 2.24) is 19.3 Å². The Morgan fingerprint density at radius 2 is 2.12 bits per heavy atom. The van der Waals surface area contributed by atoms with Crippen molar-refractivity contribution in [3.63, 3.8) is 0 Å². The average molecular weight is 365 g/mol. The third-order valence-corrected chi connectivity index (χ3v) is 7.24. The van der Waals surface area contributed by atoms with E-state index in [9.17, 15) is 13.5 Å². The van der Waals surface area contributed by atoms with E-state index < -0.39 is 15.6 Å². The molecule has 2 N–H and O–H groups in total. The molecule has 3 heterocycles. The van der Waals surface area contributed by atoms with Gasteiger partial charge < -0.3 is 15.0 Å². The summed E-state index contributed by atoms with van der Waals surface area (Å²) in [6, 6.07) is 2.24. The number of aromatic amines is 1. The van der Waals surface area contributed by atoms with Crippen LogP contribution in [0.15, 0.2) is 18.6 Å². The van der Waals surface area contributed by atoms with Gasteiger partial charge in [0, 0.05) is 32.4 Å². The maximum atomic E-state index is 12.4. The first-order valence-electron chi connectivity index (χ1n) is 8.46. The fourth-order valence-corrected chi connectivity index (χ4v) is 5.81. The molecule has 2 aromatic heterocycles. The van der Waals surface area contributed by atoms with Crippen molar-refractivity contribution >= 4 is 26.9 Å². The van der Waals surface area contributed by atoms with E-state index in [4.69, 9.17) is 0 Å². The summed E-state index contributed by atoms with van der Waals surface area (Å²) in [5.41, 5.74) is -0.0650. The van der Waals surface area contributed by atoms with E-state index in [0.717, 1.165) is 29.7 Å². The SMILES string of the molecule is CN(c1ncnc2[nH]ccc12)[C@H]1C[C@@H](CS(=O)(=O)N2CC(C)(O)C2)C1. The topological polar surface area (TPSA) is 102 Å². The Balaban J connectivity index is 1.37. The lowest BCUT2D eigenvalue weighted by molar-refractivity contribution is -0.0428. The van der Waals surface area contributed by atoms with Gasteiger partial charge >= 0.3 is 0 Å². The Morgan fingerprint density at radius 3 is 2.80 bits per heavy atom. The Morgan fingerprint density at radius 1 is 1.40 bits per heavy atom. The van der Waals surface area contributed by atoms with Gasteiger partial charge in [-0.05, 0) is 31.7 Å². The van der Waals surface area contributed by atoms with Gasteiger partial charge in [-0.15, -0.1) is 0 Å². The van der Waals surface area contributed by atoms with Crippen molar-refractivity contribution in [2.45, 2.75) is 31.4 Å².